The Balaban J connectivity index is 1.88. The molecular weight excluding hydrogens is 348 g/mol. The largest absolute Gasteiger partial charge is 0.483 e. The normalized spacial score (nSPS) is 10.9. The number of nitrogens with zero attached hydrogens (tertiary/aromatic N) is 1. The smallest absolute Gasteiger partial charge is 0.277 e. The number of aryl methyl sites for hydroxylation is 2. The van der Waals surface area contributed by atoms with Crippen LogP contribution in [0.15, 0.2) is 38.5 Å². The van der Waals surface area contributed by atoms with Gasteiger partial charge < -0.3 is 9.15 Å². The van der Waals surface area contributed by atoms with Gasteiger partial charge in [-0.15, -0.1) is 0 Å². The summed E-state index contributed by atoms with van der Waals surface area (Å²) in [6.07, 6.45) is 1.42. The third-order valence-electron chi connectivity index (χ3n) is 3.20. The van der Waals surface area contributed by atoms with Crippen LogP contribution in [-0.4, -0.2) is 18.7 Å². The molecule has 0 atom stereocenters. The van der Waals surface area contributed by atoms with Gasteiger partial charge in [-0.3, -0.25) is 4.79 Å². The summed E-state index contributed by atoms with van der Waals surface area (Å²) in [5.41, 5.74) is 5.56. The first kappa shape index (κ1) is 16.3. The van der Waals surface area contributed by atoms with Crippen LogP contribution in [0.25, 0.3) is 0 Å². The maximum atomic E-state index is 11.7. The van der Waals surface area contributed by atoms with E-state index in [1.807, 2.05) is 32.9 Å². The van der Waals surface area contributed by atoms with E-state index in [0.29, 0.717) is 10.4 Å². The van der Waals surface area contributed by atoms with Crippen LogP contribution in [0.1, 0.15) is 22.5 Å². The second kappa shape index (κ2) is 7.26. The number of carbonyl (C=O) groups is 1. The van der Waals surface area contributed by atoms with Gasteiger partial charge in [0.25, 0.3) is 5.91 Å². The Morgan fingerprint density at radius 1 is 1.27 bits per heavy atom. The minimum absolute atomic E-state index is 0.0929. The minimum atomic E-state index is -0.331. The van der Waals surface area contributed by atoms with E-state index < -0.39 is 0 Å². The van der Waals surface area contributed by atoms with Crippen LogP contribution in [-0.2, 0) is 4.79 Å². The Bertz CT molecular complexity index is 707. The van der Waals surface area contributed by atoms with Gasteiger partial charge in [0, 0.05) is 0 Å². The molecular formula is C16H17BrN2O3. The van der Waals surface area contributed by atoms with Crippen molar-refractivity contribution in [2.24, 2.45) is 5.10 Å². The summed E-state index contributed by atoms with van der Waals surface area (Å²) in [7, 11) is 0. The summed E-state index contributed by atoms with van der Waals surface area (Å²) < 4.78 is 11.4. The molecule has 1 aromatic heterocycles. The molecule has 0 saturated heterocycles. The molecule has 1 amide bonds. The molecule has 0 radical (unpaired) electrons. The molecule has 0 bridgehead atoms. The highest BCUT2D eigenvalue weighted by molar-refractivity contribution is 9.10. The van der Waals surface area contributed by atoms with E-state index in [2.05, 4.69) is 26.5 Å². The molecule has 2 rings (SSSR count). The van der Waals surface area contributed by atoms with Crippen LogP contribution >= 0.6 is 15.9 Å². The van der Waals surface area contributed by atoms with Gasteiger partial charge in [-0.1, -0.05) is 12.1 Å². The summed E-state index contributed by atoms with van der Waals surface area (Å²) >= 11 is 3.19. The van der Waals surface area contributed by atoms with Crippen LogP contribution in [0.3, 0.4) is 0 Å². The Hall–Kier alpha value is -2.08. The Labute approximate surface area is 137 Å². The van der Waals surface area contributed by atoms with Crippen molar-refractivity contribution in [2.75, 3.05) is 6.61 Å². The highest BCUT2D eigenvalue weighted by Crippen LogP contribution is 2.25. The lowest BCUT2D eigenvalue weighted by Gasteiger charge is -2.13. The predicted octanol–water partition coefficient (Wildman–Crippen LogP) is 3.50. The fourth-order valence-corrected chi connectivity index (χ4v) is 2.20. The quantitative estimate of drug-likeness (QED) is 0.652. The predicted molar refractivity (Wildman–Crippen MR) is 88.3 cm³/mol. The molecule has 1 heterocycles. The first-order valence-electron chi connectivity index (χ1n) is 6.74. The molecule has 0 aliphatic rings. The fourth-order valence-electron chi connectivity index (χ4n) is 1.88. The third-order valence-corrected chi connectivity index (χ3v) is 3.62. The van der Waals surface area contributed by atoms with E-state index >= 15 is 0 Å². The average molecular weight is 365 g/mol. The monoisotopic (exact) mass is 364 g/mol. The van der Waals surface area contributed by atoms with Gasteiger partial charge in [-0.2, -0.15) is 5.10 Å². The van der Waals surface area contributed by atoms with E-state index in [0.717, 1.165) is 22.4 Å². The van der Waals surface area contributed by atoms with E-state index in [4.69, 9.17) is 9.15 Å². The number of hydrogen-bond acceptors (Lipinski definition) is 4. The Kier molecular flexibility index (Phi) is 5.38. The van der Waals surface area contributed by atoms with Crippen molar-refractivity contribution < 1.29 is 13.9 Å². The number of ether oxygens (including phenoxy) is 1. The number of halogens is 1. The molecule has 0 unspecified atom stereocenters. The Morgan fingerprint density at radius 3 is 2.68 bits per heavy atom. The third kappa shape index (κ3) is 4.21. The fraction of sp³-hybridized carbons (Fsp3) is 0.250. The highest BCUT2D eigenvalue weighted by Gasteiger charge is 2.08. The number of rotatable bonds is 5. The van der Waals surface area contributed by atoms with Crippen LogP contribution in [0.5, 0.6) is 5.75 Å². The summed E-state index contributed by atoms with van der Waals surface area (Å²) in [4.78, 5) is 11.7. The molecule has 1 aromatic carbocycles. The van der Waals surface area contributed by atoms with Crippen molar-refractivity contribution >= 4 is 28.1 Å². The lowest BCUT2D eigenvalue weighted by Crippen LogP contribution is -2.25. The molecule has 5 nitrogen and oxygen atoms in total. The second-order valence-corrected chi connectivity index (χ2v) is 5.66. The lowest BCUT2D eigenvalue weighted by molar-refractivity contribution is -0.123. The standard InChI is InChI=1S/C16H17BrN2O3/c1-10-4-5-11(2)16(12(10)3)21-9-15(20)19-18-8-13-6-7-14(17)22-13/h4-8H,9H2,1-3H3,(H,19,20). The SMILES string of the molecule is Cc1ccc(C)c(OCC(=O)NN=Cc2ccc(Br)o2)c1C. The second-order valence-electron chi connectivity index (χ2n) is 4.88. The molecule has 0 fully saturated rings. The number of amides is 1. The molecule has 2 aromatic rings. The zero-order chi connectivity index (χ0) is 16.1. The average Bonchev–Trinajstić information content (AvgIpc) is 2.89. The molecule has 1 N–H and O–H groups in total. The van der Waals surface area contributed by atoms with Crippen LogP contribution < -0.4 is 10.2 Å². The van der Waals surface area contributed by atoms with E-state index in [-0.39, 0.29) is 12.5 Å². The number of carbonyl (C=O) groups excluding carboxylic acids is 1. The van der Waals surface area contributed by atoms with Gasteiger partial charge in [-0.05, 0) is 65.5 Å². The van der Waals surface area contributed by atoms with Gasteiger partial charge in [0.2, 0.25) is 0 Å². The molecule has 0 aliphatic carbocycles. The van der Waals surface area contributed by atoms with Crippen molar-refractivity contribution in [2.45, 2.75) is 20.8 Å². The zero-order valence-corrected chi connectivity index (χ0v) is 14.2. The molecule has 6 heteroatoms. The van der Waals surface area contributed by atoms with Crippen molar-refractivity contribution in [3.05, 3.63) is 51.4 Å². The van der Waals surface area contributed by atoms with Crippen LogP contribution in [0.4, 0.5) is 0 Å². The van der Waals surface area contributed by atoms with E-state index in [1.54, 1.807) is 12.1 Å². The molecule has 0 aliphatic heterocycles. The lowest BCUT2D eigenvalue weighted by atomic mass is 10.1. The number of nitrogens with one attached hydrogen (secondary N) is 1. The van der Waals surface area contributed by atoms with Crippen LogP contribution in [0, 0.1) is 20.8 Å². The van der Waals surface area contributed by atoms with Crippen molar-refractivity contribution in [1.29, 1.82) is 0 Å². The summed E-state index contributed by atoms with van der Waals surface area (Å²) in [6.45, 7) is 5.84. The van der Waals surface area contributed by atoms with E-state index in [9.17, 15) is 4.79 Å². The van der Waals surface area contributed by atoms with Crippen molar-refractivity contribution in [3.8, 4) is 5.75 Å². The maximum Gasteiger partial charge on any atom is 0.277 e. The first-order valence-corrected chi connectivity index (χ1v) is 7.53. The van der Waals surface area contributed by atoms with Crippen molar-refractivity contribution in [1.82, 2.24) is 5.43 Å². The maximum absolute atomic E-state index is 11.7. The molecule has 0 spiro atoms. The number of hydrogen-bond donors (Lipinski definition) is 1. The van der Waals surface area contributed by atoms with Gasteiger partial charge in [0.15, 0.2) is 11.3 Å². The summed E-state index contributed by atoms with van der Waals surface area (Å²) in [5.74, 6) is 0.953. The highest BCUT2D eigenvalue weighted by atomic mass is 79.9. The van der Waals surface area contributed by atoms with Crippen LogP contribution in [0.2, 0.25) is 0 Å². The Morgan fingerprint density at radius 2 is 2.00 bits per heavy atom. The number of benzene rings is 1. The van der Waals surface area contributed by atoms with E-state index in [1.165, 1.54) is 6.21 Å². The first-order chi connectivity index (χ1) is 10.5. The number of furan rings is 1. The minimum Gasteiger partial charge on any atom is -0.483 e. The molecule has 0 saturated carbocycles. The van der Waals surface area contributed by atoms with Crippen molar-refractivity contribution in [3.63, 3.8) is 0 Å². The van der Waals surface area contributed by atoms with Gasteiger partial charge in [0.05, 0.1) is 6.21 Å². The number of hydrazone groups is 1. The molecule has 22 heavy (non-hydrogen) atoms. The summed E-state index contributed by atoms with van der Waals surface area (Å²) in [6, 6.07) is 7.48. The summed E-state index contributed by atoms with van der Waals surface area (Å²) in [5, 5.41) is 3.81. The zero-order valence-electron chi connectivity index (χ0n) is 12.6. The van der Waals surface area contributed by atoms with Gasteiger partial charge >= 0.3 is 0 Å². The topological polar surface area (TPSA) is 63.8 Å². The van der Waals surface area contributed by atoms with Gasteiger partial charge in [-0.25, -0.2) is 5.43 Å². The van der Waals surface area contributed by atoms with Gasteiger partial charge in [0.1, 0.15) is 11.5 Å². The molecule has 116 valence electrons.